The fourth-order valence-electron chi connectivity index (χ4n) is 3.31. The van der Waals surface area contributed by atoms with Crippen molar-refractivity contribution in [1.82, 2.24) is 10.2 Å². The Hall–Kier alpha value is -0.220. The van der Waals surface area contributed by atoms with E-state index in [1.807, 2.05) is 0 Å². The van der Waals surface area contributed by atoms with E-state index in [1.54, 1.807) is 0 Å². The van der Waals surface area contributed by atoms with Gasteiger partial charge in [-0.05, 0) is 57.3 Å². The third kappa shape index (κ3) is 4.16. The van der Waals surface area contributed by atoms with Crippen molar-refractivity contribution >= 4 is 0 Å². The van der Waals surface area contributed by atoms with Crippen LogP contribution >= 0.6 is 0 Å². The first-order valence-electron chi connectivity index (χ1n) is 7.40. The van der Waals surface area contributed by atoms with Gasteiger partial charge in [-0.3, -0.25) is 0 Å². The normalized spacial score (nSPS) is 32.8. The Morgan fingerprint density at radius 3 is 2.67 bits per heavy atom. The summed E-state index contributed by atoms with van der Waals surface area (Å²) in [6.07, 6.45) is 3.09. The van der Waals surface area contributed by atoms with Crippen molar-refractivity contribution in [2.45, 2.75) is 45.0 Å². The molecule has 4 heteroatoms. The Morgan fingerprint density at radius 1 is 1.22 bits per heavy atom. The van der Waals surface area contributed by atoms with Gasteiger partial charge in [-0.2, -0.15) is 0 Å². The lowest BCUT2D eigenvalue weighted by molar-refractivity contribution is -0.0520. The Bertz CT molecular complexity index is 258. The van der Waals surface area contributed by atoms with Crippen molar-refractivity contribution < 1.29 is 8.78 Å². The van der Waals surface area contributed by atoms with Crippen LogP contribution in [0.5, 0.6) is 0 Å². The molecule has 106 valence electrons. The lowest BCUT2D eigenvalue weighted by atomic mass is 9.86. The van der Waals surface area contributed by atoms with Gasteiger partial charge in [0.1, 0.15) is 0 Å². The van der Waals surface area contributed by atoms with Crippen LogP contribution in [0, 0.1) is 11.8 Å². The number of halogens is 2. The SMILES string of the molecule is CCN1CCC(CNCC2CCCC(F)(F)C2)C1. The van der Waals surface area contributed by atoms with E-state index in [1.165, 1.54) is 19.5 Å². The Balaban J connectivity index is 1.61. The van der Waals surface area contributed by atoms with Crippen LogP contribution in [-0.2, 0) is 0 Å². The monoisotopic (exact) mass is 260 g/mol. The molecule has 2 fully saturated rings. The summed E-state index contributed by atoms with van der Waals surface area (Å²) in [5.74, 6) is -1.51. The van der Waals surface area contributed by atoms with Crippen LogP contribution < -0.4 is 5.32 Å². The van der Waals surface area contributed by atoms with E-state index in [0.29, 0.717) is 12.3 Å². The van der Waals surface area contributed by atoms with Gasteiger partial charge in [0.2, 0.25) is 5.92 Å². The van der Waals surface area contributed by atoms with Crippen molar-refractivity contribution in [3.8, 4) is 0 Å². The number of hydrogen-bond acceptors (Lipinski definition) is 2. The fraction of sp³-hybridized carbons (Fsp3) is 1.00. The molecular weight excluding hydrogens is 234 g/mol. The third-order valence-electron chi connectivity index (χ3n) is 4.43. The maximum absolute atomic E-state index is 13.2. The summed E-state index contributed by atoms with van der Waals surface area (Å²) in [6, 6.07) is 0. The van der Waals surface area contributed by atoms with E-state index in [2.05, 4.69) is 17.1 Å². The molecule has 2 aliphatic rings. The van der Waals surface area contributed by atoms with Gasteiger partial charge < -0.3 is 10.2 Å². The van der Waals surface area contributed by atoms with Gasteiger partial charge in [-0.15, -0.1) is 0 Å². The van der Waals surface area contributed by atoms with Crippen molar-refractivity contribution in [2.24, 2.45) is 11.8 Å². The lowest BCUT2D eigenvalue weighted by Crippen LogP contribution is -2.35. The standard InChI is InChI=1S/C14H26F2N2/c1-2-18-7-5-13(11-18)10-17-9-12-4-3-6-14(15,16)8-12/h12-13,17H,2-11H2,1H3. The van der Waals surface area contributed by atoms with Gasteiger partial charge in [0.15, 0.2) is 0 Å². The molecule has 1 aliphatic carbocycles. The molecule has 1 saturated heterocycles. The highest BCUT2D eigenvalue weighted by Crippen LogP contribution is 2.36. The van der Waals surface area contributed by atoms with Gasteiger partial charge in [0.25, 0.3) is 0 Å². The first kappa shape index (κ1) is 14.2. The van der Waals surface area contributed by atoms with Crippen LogP contribution in [-0.4, -0.2) is 43.5 Å². The molecule has 1 aliphatic heterocycles. The maximum Gasteiger partial charge on any atom is 0.248 e. The Kier molecular flexibility index (Phi) is 4.96. The predicted molar refractivity (Wildman–Crippen MR) is 70.0 cm³/mol. The molecule has 2 rings (SSSR count). The largest absolute Gasteiger partial charge is 0.316 e. The molecule has 18 heavy (non-hydrogen) atoms. The van der Waals surface area contributed by atoms with Crippen LogP contribution in [0.3, 0.4) is 0 Å². The second-order valence-electron chi connectivity index (χ2n) is 6.02. The second kappa shape index (κ2) is 6.29. The Labute approximate surface area is 109 Å². The average molecular weight is 260 g/mol. The highest BCUT2D eigenvalue weighted by atomic mass is 19.3. The quantitative estimate of drug-likeness (QED) is 0.817. The molecule has 2 atom stereocenters. The molecule has 0 bridgehead atoms. The molecular formula is C14H26F2N2. The summed E-state index contributed by atoms with van der Waals surface area (Å²) in [5, 5.41) is 3.42. The number of nitrogens with one attached hydrogen (secondary N) is 1. The van der Waals surface area contributed by atoms with Crippen LogP contribution in [0.4, 0.5) is 8.78 Å². The van der Waals surface area contributed by atoms with Gasteiger partial charge in [0.05, 0.1) is 0 Å². The van der Waals surface area contributed by atoms with E-state index < -0.39 is 5.92 Å². The van der Waals surface area contributed by atoms with Crippen LogP contribution in [0.15, 0.2) is 0 Å². The second-order valence-corrected chi connectivity index (χ2v) is 6.02. The van der Waals surface area contributed by atoms with E-state index in [0.717, 1.165) is 26.1 Å². The van der Waals surface area contributed by atoms with E-state index >= 15 is 0 Å². The van der Waals surface area contributed by atoms with Gasteiger partial charge in [-0.1, -0.05) is 6.92 Å². The highest BCUT2D eigenvalue weighted by Gasteiger charge is 2.35. The smallest absolute Gasteiger partial charge is 0.248 e. The number of alkyl halides is 2. The summed E-state index contributed by atoms with van der Waals surface area (Å²) in [4.78, 5) is 2.46. The van der Waals surface area contributed by atoms with Crippen molar-refractivity contribution in [1.29, 1.82) is 0 Å². The van der Waals surface area contributed by atoms with Crippen LogP contribution in [0.2, 0.25) is 0 Å². The minimum Gasteiger partial charge on any atom is -0.316 e. The number of hydrogen-bond donors (Lipinski definition) is 1. The predicted octanol–water partition coefficient (Wildman–Crippen LogP) is 2.74. The molecule has 0 spiro atoms. The lowest BCUT2D eigenvalue weighted by Gasteiger charge is -2.29. The molecule has 2 nitrogen and oxygen atoms in total. The zero-order chi connectivity index (χ0) is 13.0. The minimum atomic E-state index is -2.41. The Morgan fingerprint density at radius 2 is 2.00 bits per heavy atom. The molecule has 1 N–H and O–H groups in total. The summed E-state index contributed by atoms with van der Waals surface area (Å²) in [6.45, 7) is 7.47. The summed E-state index contributed by atoms with van der Waals surface area (Å²) in [5.41, 5.74) is 0. The van der Waals surface area contributed by atoms with Crippen molar-refractivity contribution in [2.75, 3.05) is 32.7 Å². The summed E-state index contributed by atoms with van der Waals surface area (Å²) >= 11 is 0. The highest BCUT2D eigenvalue weighted by molar-refractivity contribution is 4.81. The number of rotatable bonds is 5. The first-order valence-corrected chi connectivity index (χ1v) is 7.40. The van der Waals surface area contributed by atoms with E-state index in [9.17, 15) is 8.78 Å². The molecule has 0 amide bonds. The van der Waals surface area contributed by atoms with E-state index in [-0.39, 0.29) is 18.8 Å². The summed E-state index contributed by atoms with van der Waals surface area (Å²) in [7, 11) is 0. The molecule has 1 saturated carbocycles. The summed E-state index contributed by atoms with van der Waals surface area (Å²) < 4.78 is 26.5. The van der Waals surface area contributed by atoms with Crippen molar-refractivity contribution in [3.63, 3.8) is 0 Å². The molecule has 0 radical (unpaired) electrons. The zero-order valence-electron chi connectivity index (χ0n) is 11.4. The minimum absolute atomic E-state index is 0.0890. The maximum atomic E-state index is 13.2. The van der Waals surface area contributed by atoms with E-state index in [4.69, 9.17) is 0 Å². The third-order valence-corrected chi connectivity index (χ3v) is 4.43. The first-order chi connectivity index (χ1) is 8.59. The zero-order valence-corrected chi connectivity index (χ0v) is 11.4. The molecule has 0 aromatic carbocycles. The molecule has 2 unspecified atom stereocenters. The topological polar surface area (TPSA) is 15.3 Å². The molecule has 0 aromatic heterocycles. The van der Waals surface area contributed by atoms with Crippen LogP contribution in [0.1, 0.15) is 39.0 Å². The molecule has 0 aromatic rings. The van der Waals surface area contributed by atoms with Gasteiger partial charge in [-0.25, -0.2) is 8.78 Å². The van der Waals surface area contributed by atoms with Crippen LogP contribution in [0.25, 0.3) is 0 Å². The molecule has 1 heterocycles. The van der Waals surface area contributed by atoms with Crippen molar-refractivity contribution in [3.05, 3.63) is 0 Å². The van der Waals surface area contributed by atoms with Gasteiger partial charge in [0, 0.05) is 19.4 Å². The number of nitrogens with zero attached hydrogens (tertiary/aromatic N) is 1. The number of likely N-dealkylation sites (tertiary alicyclic amines) is 1. The van der Waals surface area contributed by atoms with Gasteiger partial charge >= 0.3 is 0 Å². The average Bonchev–Trinajstić information content (AvgIpc) is 2.76. The fourth-order valence-corrected chi connectivity index (χ4v) is 3.31.